The number of nitrogens with one attached hydrogen (secondary N) is 1. The molecule has 0 spiro atoms. The monoisotopic (exact) mass is 365 g/mol. The number of hydrogen-bond acceptors (Lipinski definition) is 5. The van der Waals surface area contributed by atoms with E-state index in [-0.39, 0.29) is 28.3 Å². The van der Waals surface area contributed by atoms with Crippen molar-refractivity contribution in [2.45, 2.75) is 25.9 Å². The van der Waals surface area contributed by atoms with Crippen LogP contribution in [-0.4, -0.2) is 21.3 Å². The Labute approximate surface area is 146 Å². The summed E-state index contributed by atoms with van der Waals surface area (Å²) in [5.41, 5.74) is -0.421. The summed E-state index contributed by atoms with van der Waals surface area (Å²) in [6, 6.07) is 4.88. The maximum Gasteiger partial charge on any atom is 0.416 e. The first-order valence-electron chi connectivity index (χ1n) is 7.56. The molecular weight excluding hydrogens is 351 g/mol. The van der Waals surface area contributed by atoms with Crippen molar-refractivity contribution in [2.75, 3.05) is 0 Å². The zero-order valence-electron chi connectivity index (χ0n) is 13.8. The normalized spacial score (nSPS) is 18.1. The lowest BCUT2D eigenvalue weighted by Gasteiger charge is -2.30. The highest BCUT2D eigenvalue weighted by Crippen LogP contribution is 2.46. The number of alkyl halides is 3. The molecule has 1 atom stereocenters. The summed E-state index contributed by atoms with van der Waals surface area (Å²) in [4.78, 5) is 11.9. The van der Waals surface area contributed by atoms with Gasteiger partial charge in [0, 0.05) is 17.0 Å². The molecule has 0 radical (unpaired) electrons. The second-order valence-corrected chi connectivity index (χ2v) is 5.77. The van der Waals surface area contributed by atoms with E-state index >= 15 is 0 Å². The van der Waals surface area contributed by atoms with Crippen molar-refractivity contribution in [1.29, 1.82) is 0 Å². The highest BCUT2D eigenvalue weighted by molar-refractivity contribution is 5.95. The van der Waals surface area contributed by atoms with Crippen molar-refractivity contribution in [3.63, 3.8) is 0 Å². The molecule has 1 aromatic carbocycles. The average molecular weight is 365 g/mol. The number of halogens is 3. The number of carboxylic acids is 1. The van der Waals surface area contributed by atoms with Gasteiger partial charge in [-0.2, -0.15) is 13.2 Å². The minimum atomic E-state index is -4.65. The zero-order valence-corrected chi connectivity index (χ0v) is 13.8. The molecule has 2 aromatic rings. The fourth-order valence-corrected chi connectivity index (χ4v) is 3.17. The van der Waals surface area contributed by atoms with Gasteiger partial charge in [-0.1, -0.05) is 18.2 Å². The van der Waals surface area contributed by atoms with E-state index in [1.165, 1.54) is 25.1 Å². The summed E-state index contributed by atoms with van der Waals surface area (Å²) >= 11 is 0. The Hall–Kier alpha value is -3.10. The molecule has 0 saturated carbocycles. The molecule has 0 bridgehead atoms. The van der Waals surface area contributed by atoms with E-state index in [2.05, 4.69) is 15.5 Å². The third-order valence-electron chi connectivity index (χ3n) is 4.16. The van der Waals surface area contributed by atoms with Gasteiger partial charge < -0.3 is 14.8 Å². The van der Waals surface area contributed by atoms with E-state index in [4.69, 9.17) is 4.42 Å². The second-order valence-electron chi connectivity index (χ2n) is 5.77. The van der Waals surface area contributed by atoms with E-state index < -0.39 is 23.6 Å². The molecule has 0 amide bonds. The molecule has 3 rings (SSSR count). The Morgan fingerprint density at radius 2 is 1.92 bits per heavy atom. The van der Waals surface area contributed by atoms with Gasteiger partial charge >= 0.3 is 12.1 Å². The third kappa shape index (κ3) is 2.96. The molecule has 136 valence electrons. The predicted octanol–water partition coefficient (Wildman–Crippen LogP) is 3.57. The minimum Gasteiger partial charge on any atom is -0.478 e. The lowest BCUT2D eigenvalue weighted by molar-refractivity contribution is -0.139. The summed E-state index contributed by atoms with van der Waals surface area (Å²) in [6.45, 7) is 3.12. The van der Waals surface area contributed by atoms with E-state index in [0.717, 1.165) is 12.5 Å². The van der Waals surface area contributed by atoms with Gasteiger partial charge in [0.15, 0.2) is 0 Å². The zero-order chi connectivity index (χ0) is 19.1. The fourth-order valence-electron chi connectivity index (χ4n) is 3.17. The van der Waals surface area contributed by atoms with E-state index in [0.29, 0.717) is 5.70 Å². The summed E-state index contributed by atoms with van der Waals surface area (Å²) in [5.74, 6) is -2.59. The van der Waals surface area contributed by atoms with Crippen molar-refractivity contribution < 1.29 is 27.5 Å². The SMILES string of the molecule is CC1=C(C(=O)O)C(c2ccccc2C(F)(F)F)C(c2nnco2)=C(C)N1. The predicted molar refractivity (Wildman–Crippen MR) is 84.5 cm³/mol. The molecule has 1 aromatic heterocycles. The van der Waals surface area contributed by atoms with Crippen molar-refractivity contribution in [1.82, 2.24) is 15.5 Å². The quantitative estimate of drug-likeness (QED) is 0.865. The molecular formula is C17H14F3N3O3. The topological polar surface area (TPSA) is 88.2 Å². The molecule has 6 nitrogen and oxygen atoms in total. The van der Waals surface area contributed by atoms with Crippen LogP contribution in [0.4, 0.5) is 13.2 Å². The van der Waals surface area contributed by atoms with Crippen LogP contribution < -0.4 is 5.32 Å². The number of hydrogen-bond donors (Lipinski definition) is 2. The first-order valence-corrected chi connectivity index (χ1v) is 7.56. The van der Waals surface area contributed by atoms with Crippen molar-refractivity contribution in [3.05, 3.63) is 64.6 Å². The van der Waals surface area contributed by atoms with Crippen LogP contribution in [0.15, 0.2) is 52.0 Å². The maximum absolute atomic E-state index is 13.5. The minimum absolute atomic E-state index is 0.0387. The van der Waals surface area contributed by atoms with Crippen molar-refractivity contribution >= 4 is 11.5 Å². The van der Waals surface area contributed by atoms with Crippen molar-refractivity contribution in [3.8, 4) is 0 Å². The van der Waals surface area contributed by atoms with Gasteiger partial charge in [0.25, 0.3) is 0 Å². The Morgan fingerprint density at radius 3 is 2.50 bits per heavy atom. The lowest BCUT2D eigenvalue weighted by atomic mass is 9.78. The summed E-state index contributed by atoms with van der Waals surface area (Å²) < 4.78 is 45.8. The molecule has 1 aliphatic rings. The molecule has 1 aliphatic heterocycles. The number of aromatic nitrogens is 2. The van der Waals surface area contributed by atoms with Crippen LogP contribution in [0.2, 0.25) is 0 Å². The summed E-state index contributed by atoms with van der Waals surface area (Å²) in [6.07, 6.45) is -3.61. The van der Waals surface area contributed by atoms with Gasteiger partial charge in [-0.3, -0.25) is 0 Å². The van der Waals surface area contributed by atoms with E-state index in [9.17, 15) is 23.1 Å². The Balaban J connectivity index is 2.32. The Bertz CT molecular complexity index is 915. The van der Waals surface area contributed by atoms with Crippen LogP contribution in [0.5, 0.6) is 0 Å². The molecule has 0 fully saturated rings. The number of rotatable bonds is 3. The Kier molecular flexibility index (Phi) is 4.31. The van der Waals surface area contributed by atoms with Gasteiger partial charge in [0.05, 0.1) is 17.1 Å². The number of carboxylic acid groups (broad SMARTS) is 1. The lowest BCUT2D eigenvalue weighted by Crippen LogP contribution is -2.28. The molecule has 9 heteroatoms. The smallest absolute Gasteiger partial charge is 0.416 e. The van der Waals surface area contributed by atoms with Gasteiger partial charge in [0.1, 0.15) is 0 Å². The van der Waals surface area contributed by atoms with Gasteiger partial charge in [-0.05, 0) is 25.5 Å². The van der Waals surface area contributed by atoms with E-state index in [1.54, 1.807) is 6.92 Å². The molecule has 2 N–H and O–H groups in total. The highest BCUT2D eigenvalue weighted by Gasteiger charge is 2.41. The largest absolute Gasteiger partial charge is 0.478 e. The molecule has 2 heterocycles. The van der Waals surface area contributed by atoms with Crippen LogP contribution in [-0.2, 0) is 11.0 Å². The Morgan fingerprint density at radius 1 is 1.23 bits per heavy atom. The highest BCUT2D eigenvalue weighted by atomic mass is 19.4. The second kappa shape index (κ2) is 6.32. The maximum atomic E-state index is 13.5. The van der Waals surface area contributed by atoms with Gasteiger partial charge in [0.2, 0.25) is 12.3 Å². The van der Waals surface area contributed by atoms with Gasteiger partial charge in [-0.15, -0.1) is 10.2 Å². The van der Waals surface area contributed by atoms with Crippen LogP contribution in [0.1, 0.15) is 36.8 Å². The fraction of sp³-hybridized carbons (Fsp3) is 0.235. The standard InChI is InChI=1S/C17H14F3N3O3/c1-8-12(15-23-21-7-26-15)14(13(16(24)25)9(2)22-8)10-5-3-4-6-11(10)17(18,19)20/h3-7,14,22H,1-2H3,(H,24,25). The summed E-state index contributed by atoms with van der Waals surface area (Å²) in [5, 5.41) is 19.9. The first kappa shape index (κ1) is 17.7. The summed E-state index contributed by atoms with van der Waals surface area (Å²) in [7, 11) is 0. The number of aliphatic carboxylic acids is 1. The third-order valence-corrected chi connectivity index (χ3v) is 4.16. The first-order chi connectivity index (χ1) is 12.2. The van der Waals surface area contributed by atoms with E-state index in [1.807, 2.05) is 0 Å². The van der Waals surface area contributed by atoms with Crippen LogP contribution in [0.25, 0.3) is 5.57 Å². The molecule has 0 saturated heterocycles. The van der Waals surface area contributed by atoms with Crippen LogP contribution in [0.3, 0.4) is 0 Å². The molecule has 1 unspecified atom stereocenters. The van der Waals surface area contributed by atoms with Crippen LogP contribution >= 0.6 is 0 Å². The van der Waals surface area contributed by atoms with Gasteiger partial charge in [-0.25, -0.2) is 4.79 Å². The molecule has 26 heavy (non-hydrogen) atoms. The number of benzene rings is 1. The molecule has 0 aliphatic carbocycles. The average Bonchev–Trinajstić information content (AvgIpc) is 3.06. The number of dihydropyridines is 1. The number of nitrogens with zero attached hydrogens (tertiary/aromatic N) is 2. The number of allylic oxidation sites excluding steroid dienone is 3. The number of carbonyl (C=O) groups is 1. The van der Waals surface area contributed by atoms with Crippen molar-refractivity contribution in [2.24, 2.45) is 0 Å². The van der Waals surface area contributed by atoms with Crippen LogP contribution in [0, 0.1) is 0 Å².